The average Bonchev–Trinajstić information content (AvgIpc) is 2.66. The molecule has 0 aromatic heterocycles. The van der Waals surface area contributed by atoms with Crippen LogP contribution in [0.15, 0.2) is 12.1 Å². The Morgan fingerprint density at radius 2 is 1.69 bits per heavy atom. The van der Waals surface area contributed by atoms with Crippen molar-refractivity contribution in [1.82, 2.24) is 10.6 Å². The Hall–Kier alpha value is -1.66. The molecule has 0 bridgehead atoms. The minimum Gasteiger partial charge on any atom is -0.496 e. The van der Waals surface area contributed by atoms with E-state index in [1.54, 1.807) is 27.4 Å². The first-order chi connectivity index (χ1) is 12.1. The summed E-state index contributed by atoms with van der Waals surface area (Å²) in [4.78, 5) is 12.3. The van der Waals surface area contributed by atoms with E-state index in [2.05, 4.69) is 17.6 Å². The summed E-state index contributed by atoms with van der Waals surface area (Å²) in [5, 5.41) is 6.37. The number of carbonyl (C=O) groups excluding carboxylic acids is 1. The Bertz CT molecular complexity index is 577. The van der Waals surface area contributed by atoms with Gasteiger partial charge in [0.1, 0.15) is 5.75 Å². The molecular formula is C19H31ClN2O4. The van der Waals surface area contributed by atoms with E-state index in [4.69, 9.17) is 14.2 Å². The number of carbonyl (C=O) groups is 1. The smallest absolute Gasteiger partial charge is 0.220 e. The molecule has 1 aromatic rings. The fourth-order valence-electron chi connectivity index (χ4n) is 3.37. The maximum Gasteiger partial charge on any atom is 0.220 e. The molecule has 6 nitrogen and oxygen atoms in total. The van der Waals surface area contributed by atoms with Gasteiger partial charge in [0.25, 0.3) is 0 Å². The zero-order chi connectivity index (χ0) is 18.2. The highest BCUT2D eigenvalue weighted by Gasteiger charge is 2.22. The molecule has 1 aliphatic rings. The van der Waals surface area contributed by atoms with Crippen molar-refractivity contribution in [2.24, 2.45) is 11.8 Å². The quantitative estimate of drug-likeness (QED) is 0.719. The number of hydrogen-bond donors (Lipinski definition) is 2. The first-order valence-corrected chi connectivity index (χ1v) is 8.85. The van der Waals surface area contributed by atoms with Crippen LogP contribution in [0, 0.1) is 11.8 Å². The molecule has 1 unspecified atom stereocenters. The van der Waals surface area contributed by atoms with E-state index in [-0.39, 0.29) is 18.3 Å². The van der Waals surface area contributed by atoms with E-state index in [0.29, 0.717) is 42.0 Å². The van der Waals surface area contributed by atoms with Gasteiger partial charge in [-0.05, 0) is 43.8 Å². The minimum absolute atomic E-state index is 0. The highest BCUT2D eigenvalue weighted by atomic mass is 35.5. The second-order valence-electron chi connectivity index (χ2n) is 6.56. The van der Waals surface area contributed by atoms with Gasteiger partial charge in [-0.2, -0.15) is 0 Å². The molecular weight excluding hydrogens is 356 g/mol. The van der Waals surface area contributed by atoms with Crippen molar-refractivity contribution >= 4 is 18.3 Å². The zero-order valence-corrected chi connectivity index (χ0v) is 16.9. The molecule has 2 rings (SSSR count). The number of methoxy groups -OCH3 is 3. The molecule has 2 N–H and O–H groups in total. The van der Waals surface area contributed by atoms with Crippen molar-refractivity contribution in [2.45, 2.75) is 32.7 Å². The van der Waals surface area contributed by atoms with Crippen LogP contribution in [0.1, 0.15) is 31.7 Å². The highest BCUT2D eigenvalue weighted by Crippen LogP contribution is 2.34. The van der Waals surface area contributed by atoms with Gasteiger partial charge in [-0.25, -0.2) is 0 Å². The van der Waals surface area contributed by atoms with Crippen LogP contribution in [0.5, 0.6) is 17.2 Å². The second-order valence-corrected chi connectivity index (χ2v) is 6.56. The molecule has 1 saturated heterocycles. The van der Waals surface area contributed by atoms with Gasteiger partial charge in [0.05, 0.1) is 21.3 Å². The van der Waals surface area contributed by atoms with Gasteiger partial charge in [-0.15, -0.1) is 12.4 Å². The summed E-state index contributed by atoms with van der Waals surface area (Å²) in [6.45, 7) is 4.69. The van der Waals surface area contributed by atoms with Crippen LogP contribution >= 0.6 is 12.4 Å². The largest absolute Gasteiger partial charge is 0.496 e. The van der Waals surface area contributed by atoms with Crippen LogP contribution < -0.4 is 24.8 Å². The Morgan fingerprint density at radius 3 is 2.27 bits per heavy atom. The van der Waals surface area contributed by atoms with Gasteiger partial charge in [-0.3, -0.25) is 4.79 Å². The normalized spacial score (nSPS) is 15.5. The zero-order valence-electron chi connectivity index (χ0n) is 16.1. The molecule has 1 heterocycles. The molecule has 7 heteroatoms. The van der Waals surface area contributed by atoms with Crippen LogP contribution in [0.4, 0.5) is 0 Å². The van der Waals surface area contributed by atoms with Gasteiger partial charge in [0.2, 0.25) is 5.91 Å². The summed E-state index contributed by atoms with van der Waals surface area (Å²) in [7, 11) is 4.78. The van der Waals surface area contributed by atoms with Crippen molar-refractivity contribution in [1.29, 1.82) is 0 Å². The maximum absolute atomic E-state index is 12.3. The van der Waals surface area contributed by atoms with E-state index in [9.17, 15) is 4.79 Å². The fourth-order valence-corrected chi connectivity index (χ4v) is 3.37. The van der Waals surface area contributed by atoms with Gasteiger partial charge in [-0.1, -0.05) is 6.92 Å². The lowest BCUT2D eigenvalue weighted by atomic mass is 9.84. The summed E-state index contributed by atoms with van der Waals surface area (Å²) in [6, 6.07) is 3.62. The van der Waals surface area contributed by atoms with Gasteiger partial charge < -0.3 is 24.8 Å². The molecule has 26 heavy (non-hydrogen) atoms. The third-order valence-corrected chi connectivity index (χ3v) is 4.96. The van der Waals surface area contributed by atoms with E-state index in [1.807, 2.05) is 6.07 Å². The minimum atomic E-state index is 0. The van der Waals surface area contributed by atoms with Gasteiger partial charge >= 0.3 is 0 Å². The summed E-state index contributed by atoms with van der Waals surface area (Å²) < 4.78 is 16.0. The molecule has 0 spiro atoms. The number of amides is 1. The number of piperidine rings is 1. The Kier molecular flexibility index (Phi) is 9.59. The maximum atomic E-state index is 12.3. The number of nitrogens with one attached hydrogen (secondary N) is 2. The molecule has 148 valence electrons. The predicted molar refractivity (Wildman–Crippen MR) is 105 cm³/mol. The van der Waals surface area contributed by atoms with E-state index in [1.165, 1.54) is 0 Å². The third-order valence-electron chi connectivity index (χ3n) is 4.96. The Balaban J connectivity index is 0.00000338. The number of hydrogen-bond acceptors (Lipinski definition) is 5. The first-order valence-electron chi connectivity index (χ1n) is 8.85. The number of rotatable bonds is 8. The second kappa shape index (κ2) is 11.1. The lowest BCUT2D eigenvalue weighted by Crippen LogP contribution is -2.33. The SMILES string of the molecule is COc1cc(OC)c(OC)cc1CNC(=O)CC(C)C1CCNCC1.Cl. The molecule has 1 aliphatic heterocycles. The average molecular weight is 387 g/mol. The van der Waals surface area contributed by atoms with Crippen molar-refractivity contribution in [2.75, 3.05) is 34.4 Å². The van der Waals surface area contributed by atoms with Crippen LogP contribution in [0.25, 0.3) is 0 Å². The standard InChI is InChI=1S/C19H30N2O4.ClH/c1-13(14-5-7-20-8-6-14)9-19(22)21-12-15-10-17(24-3)18(25-4)11-16(15)23-2;/h10-11,13-14,20H,5-9,12H2,1-4H3,(H,21,22);1H. The van der Waals surface area contributed by atoms with Crippen molar-refractivity contribution in [3.05, 3.63) is 17.7 Å². The van der Waals surface area contributed by atoms with Crippen molar-refractivity contribution in [3.8, 4) is 17.2 Å². The number of ether oxygens (including phenoxy) is 3. The Morgan fingerprint density at radius 1 is 1.12 bits per heavy atom. The van der Waals surface area contributed by atoms with Crippen molar-refractivity contribution < 1.29 is 19.0 Å². The molecule has 1 amide bonds. The van der Waals surface area contributed by atoms with E-state index >= 15 is 0 Å². The van der Waals surface area contributed by atoms with Crippen LogP contribution in [0.2, 0.25) is 0 Å². The first kappa shape index (κ1) is 22.4. The van der Waals surface area contributed by atoms with Crippen LogP contribution in [-0.2, 0) is 11.3 Å². The molecule has 0 radical (unpaired) electrons. The van der Waals surface area contributed by atoms with E-state index in [0.717, 1.165) is 31.5 Å². The summed E-state index contributed by atoms with van der Waals surface area (Å²) in [5.74, 6) is 2.99. The third kappa shape index (κ3) is 5.95. The lowest BCUT2D eigenvalue weighted by molar-refractivity contribution is -0.122. The number of halogens is 1. The summed E-state index contributed by atoms with van der Waals surface area (Å²) in [6.07, 6.45) is 2.86. The van der Waals surface area contributed by atoms with Crippen LogP contribution in [0.3, 0.4) is 0 Å². The molecule has 1 fully saturated rings. The van der Waals surface area contributed by atoms with Gasteiger partial charge in [0.15, 0.2) is 11.5 Å². The van der Waals surface area contributed by atoms with Gasteiger partial charge in [0, 0.05) is 24.6 Å². The molecule has 0 aliphatic carbocycles. The van der Waals surface area contributed by atoms with Crippen molar-refractivity contribution in [3.63, 3.8) is 0 Å². The molecule has 1 atom stereocenters. The summed E-state index contributed by atoms with van der Waals surface area (Å²) >= 11 is 0. The molecule has 0 saturated carbocycles. The van der Waals surface area contributed by atoms with Crippen LogP contribution in [-0.4, -0.2) is 40.3 Å². The molecule has 1 aromatic carbocycles. The highest BCUT2D eigenvalue weighted by molar-refractivity contribution is 5.85. The topological polar surface area (TPSA) is 68.8 Å². The Labute approximate surface area is 162 Å². The summed E-state index contributed by atoms with van der Waals surface area (Å²) in [5.41, 5.74) is 0.864. The van der Waals surface area contributed by atoms with E-state index < -0.39 is 0 Å². The number of benzene rings is 1. The fraction of sp³-hybridized carbons (Fsp3) is 0.632. The lowest BCUT2D eigenvalue weighted by Gasteiger charge is -2.27. The predicted octanol–water partition coefficient (Wildman–Crippen LogP) is 2.78. The monoisotopic (exact) mass is 386 g/mol.